The predicted molar refractivity (Wildman–Crippen MR) is 121 cm³/mol. The van der Waals surface area contributed by atoms with Gasteiger partial charge in [-0.1, -0.05) is 18.2 Å². The molecule has 146 valence electrons. The van der Waals surface area contributed by atoms with E-state index < -0.39 is 0 Å². The van der Waals surface area contributed by atoms with E-state index in [1.807, 2.05) is 49.4 Å². The van der Waals surface area contributed by atoms with Crippen molar-refractivity contribution in [2.24, 2.45) is 4.99 Å². The molecule has 0 unspecified atom stereocenters. The van der Waals surface area contributed by atoms with E-state index in [0.717, 1.165) is 43.1 Å². The Morgan fingerprint density at radius 3 is 2.67 bits per heavy atom. The molecule has 0 aliphatic rings. The maximum absolute atomic E-state index is 11.7. The number of nitrogens with one attached hydrogen (secondary N) is 3. The molecule has 0 atom stereocenters. The molecule has 3 N–H and O–H groups in total. The lowest BCUT2D eigenvalue weighted by Gasteiger charge is -2.11. The van der Waals surface area contributed by atoms with Gasteiger partial charge in [-0.3, -0.25) is 14.8 Å². The molecule has 27 heavy (non-hydrogen) atoms. The highest BCUT2D eigenvalue weighted by atomic mass is 127. The van der Waals surface area contributed by atoms with E-state index in [1.54, 1.807) is 13.2 Å². The fraction of sp³-hybridized carbons (Fsp3) is 0.350. The molecule has 1 heterocycles. The number of benzene rings is 1. The van der Waals surface area contributed by atoms with Crippen molar-refractivity contribution in [3.8, 4) is 0 Å². The topological polar surface area (TPSA) is 78.4 Å². The van der Waals surface area contributed by atoms with Crippen LogP contribution in [0.2, 0.25) is 0 Å². The number of aromatic nitrogens is 1. The van der Waals surface area contributed by atoms with Crippen molar-refractivity contribution in [1.29, 1.82) is 0 Å². The minimum Gasteiger partial charge on any atom is -0.357 e. The molecule has 0 radical (unpaired) electrons. The van der Waals surface area contributed by atoms with Crippen LogP contribution < -0.4 is 16.0 Å². The van der Waals surface area contributed by atoms with Crippen LogP contribution in [0.25, 0.3) is 0 Å². The zero-order chi connectivity index (χ0) is 18.6. The van der Waals surface area contributed by atoms with Gasteiger partial charge in [0.25, 0.3) is 5.91 Å². The number of guanidine groups is 1. The molecule has 6 nitrogen and oxygen atoms in total. The number of amides is 1. The van der Waals surface area contributed by atoms with E-state index in [-0.39, 0.29) is 29.9 Å². The van der Waals surface area contributed by atoms with Gasteiger partial charge in [0.15, 0.2) is 5.96 Å². The summed E-state index contributed by atoms with van der Waals surface area (Å²) in [6.45, 7) is 4.27. The smallest absolute Gasteiger partial charge is 0.251 e. The van der Waals surface area contributed by atoms with Gasteiger partial charge in [-0.05, 0) is 43.2 Å². The van der Waals surface area contributed by atoms with Gasteiger partial charge in [0.05, 0.1) is 0 Å². The fourth-order valence-electron chi connectivity index (χ4n) is 2.51. The molecule has 0 saturated carbocycles. The molecule has 1 amide bonds. The molecule has 0 spiro atoms. The summed E-state index contributed by atoms with van der Waals surface area (Å²) in [7, 11) is 1.64. The van der Waals surface area contributed by atoms with E-state index in [1.165, 1.54) is 0 Å². The summed E-state index contributed by atoms with van der Waals surface area (Å²) in [6.07, 6.45) is 3.43. The summed E-state index contributed by atoms with van der Waals surface area (Å²) < 4.78 is 0. The Morgan fingerprint density at radius 1 is 1.11 bits per heavy atom. The van der Waals surface area contributed by atoms with Gasteiger partial charge in [0.1, 0.15) is 0 Å². The highest BCUT2D eigenvalue weighted by Gasteiger charge is 2.04. The molecule has 0 aliphatic heterocycles. The SMILES string of the molecule is CCNC(=NCCc1ccccn1)NCCc1cccc(C(=O)NC)c1.I. The first-order valence-corrected chi connectivity index (χ1v) is 8.96. The van der Waals surface area contributed by atoms with Crippen LogP contribution >= 0.6 is 24.0 Å². The molecule has 1 aromatic heterocycles. The largest absolute Gasteiger partial charge is 0.357 e. The highest BCUT2D eigenvalue weighted by Crippen LogP contribution is 2.05. The van der Waals surface area contributed by atoms with Crippen molar-refractivity contribution < 1.29 is 4.79 Å². The van der Waals surface area contributed by atoms with Gasteiger partial charge < -0.3 is 16.0 Å². The number of pyridine rings is 1. The van der Waals surface area contributed by atoms with Crippen molar-refractivity contribution in [3.63, 3.8) is 0 Å². The normalized spacial score (nSPS) is 10.7. The number of aliphatic imine (C=N–C) groups is 1. The molecular weight excluding hydrogens is 453 g/mol. The predicted octanol–water partition coefficient (Wildman–Crippen LogP) is 2.40. The second-order valence-corrected chi connectivity index (χ2v) is 5.79. The summed E-state index contributed by atoms with van der Waals surface area (Å²) >= 11 is 0. The molecule has 7 heteroatoms. The van der Waals surface area contributed by atoms with Gasteiger partial charge in [-0.15, -0.1) is 24.0 Å². The lowest BCUT2D eigenvalue weighted by atomic mass is 10.1. The summed E-state index contributed by atoms with van der Waals surface area (Å²) in [4.78, 5) is 20.6. The van der Waals surface area contributed by atoms with Crippen LogP contribution in [0.5, 0.6) is 0 Å². The average Bonchev–Trinajstić information content (AvgIpc) is 2.68. The molecule has 0 bridgehead atoms. The number of nitrogens with zero attached hydrogens (tertiary/aromatic N) is 2. The van der Waals surface area contributed by atoms with E-state index in [4.69, 9.17) is 0 Å². The summed E-state index contributed by atoms with van der Waals surface area (Å²) in [5, 5.41) is 9.23. The first-order valence-electron chi connectivity index (χ1n) is 8.96. The number of halogens is 1. The number of hydrogen-bond donors (Lipinski definition) is 3. The van der Waals surface area contributed by atoms with Gasteiger partial charge in [-0.25, -0.2) is 0 Å². The first-order chi connectivity index (χ1) is 12.7. The van der Waals surface area contributed by atoms with E-state index in [0.29, 0.717) is 12.1 Å². The zero-order valence-corrected chi connectivity index (χ0v) is 18.2. The maximum Gasteiger partial charge on any atom is 0.251 e. The molecule has 0 saturated heterocycles. The first kappa shape index (κ1) is 22.9. The van der Waals surface area contributed by atoms with E-state index >= 15 is 0 Å². The van der Waals surface area contributed by atoms with Crippen LogP contribution in [0.1, 0.15) is 28.5 Å². The lowest BCUT2D eigenvalue weighted by molar-refractivity contribution is 0.0963. The van der Waals surface area contributed by atoms with Crippen molar-refractivity contribution in [2.75, 3.05) is 26.7 Å². The number of rotatable bonds is 8. The van der Waals surface area contributed by atoms with Crippen molar-refractivity contribution in [1.82, 2.24) is 20.9 Å². The second-order valence-electron chi connectivity index (χ2n) is 5.79. The van der Waals surface area contributed by atoms with Gasteiger partial charge >= 0.3 is 0 Å². The van der Waals surface area contributed by atoms with E-state index in [2.05, 4.69) is 25.9 Å². The van der Waals surface area contributed by atoms with Crippen LogP contribution in [-0.4, -0.2) is 43.5 Å². The fourth-order valence-corrected chi connectivity index (χ4v) is 2.51. The molecule has 2 rings (SSSR count). The average molecular weight is 481 g/mol. The Balaban J connectivity index is 0.00000364. The second kappa shape index (κ2) is 13.1. The van der Waals surface area contributed by atoms with Gasteiger partial charge in [0.2, 0.25) is 0 Å². The lowest BCUT2D eigenvalue weighted by Crippen LogP contribution is -2.38. The number of carbonyl (C=O) groups excluding carboxylic acids is 1. The van der Waals surface area contributed by atoms with Crippen LogP contribution in [0.4, 0.5) is 0 Å². The third-order valence-electron chi connectivity index (χ3n) is 3.83. The minimum absolute atomic E-state index is 0. The van der Waals surface area contributed by atoms with Crippen molar-refractivity contribution in [3.05, 3.63) is 65.5 Å². The molecule has 0 fully saturated rings. The third kappa shape index (κ3) is 8.38. The molecule has 1 aromatic carbocycles. The van der Waals surface area contributed by atoms with Crippen molar-refractivity contribution >= 4 is 35.8 Å². The van der Waals surface area contributed by atoms with Gasteiger partial charge in [0, 0.05) is 50.6 Å². The maximum atomic E-state index is 11.7. The number of hydrogen-bond acceptors (Lipinski definition) is 3. The Bertz CT molecular complexity index is 721. The quantitative estimate of drug-likeness (QED) is 0.308. The Kier molecular flexibility index (Phi) is 11.1. The molecular formula is C20H28IN5O. The monoisotopic (exact) mass is 481 g/mol. The molecule has 0 aliphatic carbocycles. The Hall–Kier alpha value is -2.16. The van der Waals surface area contributed by atoms with Gasteiger partial charge in [-0.2, -0.15) is 0 Å². The summed E-state index contributed by atoms with van der Waals surface area (Å²) in [5.41, 5.74) is 2.84. The zero-order valence-electron chi connectivity index (χ0n) is 15.9. The minimum atomic E-state index is -0.0655. The van der Waals surface area contributed by atoms with Crippen LogP contribution in [0.3, 0.4) is 0 Å². The summed E-state index contributed by atoms with van der Waals surface area (Å²) in [5.74, 6) is 0.732. The number of carbonyl (C=O) groups is 1. The van der Waals surface area contributed by atoms with Crippen LogP contribution in [0, 0.1) is 0 Å². The Morgan fingerprint density at radius 2 is 1.96 bits per heavy atom. The highest BCUT2D eigenvalue weighted by molar-refractivity contribution is 14.0. The Labute approximate surface area is 178 Å². The third-order valence-corrected chi connectivity index (χ3v) is 3.83. The van der Waals surface area contributed by atoms with Crippen molar-refractivity contribution in [2.45, 2.75) is 19.8 Å². The van der Waals surface area contributed by atoms with Crippen LogP contribution in [0.15, 0.2) is 53.7 Å². The summed E-state index contributed by atoms with van der Waals surface area (Å²) in [6, 6.07) is 13.6. The standard InChI is InChI=1S/C20H27N5O.HI/c1-3-22-20(25-14-11-18-9-4-5-12-23-18)24-13-10-16-7-6-8-17(15-16)19(26)21-2;/h4-9,12,15H,3,10-11,13-14H2,1-2H3,(H,21,26)(H2,22,24,25);1H. The van der Waals surface area contributed by atoms with Crippen LogP contribution in [-0.2, 0) is 12.8 Å². The molecule has 2 aromatic rings. The van der Waals surface area contributed by atoms with E-state index in [9.17, 15) is 4.79 Å².